The van der Waals surface area contributed by atoms with Crippen LogP contribution in [0, 0.1) is 6.92 Å². The first-order valence-electron chi connectivity index (χ1n) is 8.24. The smallest absolute Gasteiger partial charge is 0.346 e. The molecule has 2 aromatic rings. The lowest BCUT2D eigenvalue weighted by Gasteiger charge is -2.10. The lowest BCUT2D eigenvalue weighted by atomic mass is 10.2. The number of aromatic amines is 1. The molecule has 0 saturated heterocycles. The molecule has 0 fully saturated rings. The number of nitrogens with one attached hydrogen (secondary N) is 2. The van der Waals surface area contributed by atoms with Gasteiger partial charge in [-0.2, -0.15) is 4.98 Å². The first kappa shape index (κ1) is 21.2. The second-order valence-electron chi connectivity index (χ2n) is 5.47. The molecule has 0 radical (unpaired) electrons. The molecule has 10 heteroatoms. The Labute approximate surface area is 164 Å². The van der Waals surface area contributed by atoms with Crippen LogP contribution < -0.4 is 11.0 Å². The summed E-state index contributed by atoms with van der Waals surface area (Å²) in [6.45, 7) is 3.39. The molecular weight excluding hydrogens is 386 g/mol. The first-order chi connectivity index (χ1) is 13.3. The molecule has 0 unspecified atom stereocenters. The largest absolute Gasteiger partial charge is 0.465 e. The molecule has 9 nitrogen and oxygen atoms in total. The maximum Gasteiger partial charge on any atom is 0.346 e. The van der Waals surface area contributed by atoms with Gasteiger partial charge in [-0.1, -0.05) is 11.8 Å². The average Bonchev–Trinajstić information content (AvgIpc) is 2.66. The molecule has 0 saturated carbocycles. The summed E-state index contributed by atoms with van der Waals surface area (Å²) in [5.74, 6) is -1.55. The number of ether oxygens (including phenoxy) is 2. The third-order valence-electron chi connectivity index (χ3n) is 3.50. The van der Waals surface area contributed by atoms with Gasteiger partial charge >= 0.3 is 17.6 Å². The summed E-state index contributed by atoms with van der Waals surface area (Å²) in [5, 5.41) is 2.78. The lowest BCUT2D eigenvalue weighted by molar-refractivity contribution is -0.113. The normalized spacial score (nSPS) is 10.2. The first-order valence-corrected chi connectivity index (χ1v) is 9.23. The molecule has 0 aliphatic rings. The standard InChI is InChI=1S/C18H19N3O6S/c1-4-27-17(24)14-10(2)19-18(25)21-15(14)28-9-13(22)20-12-7-5-11(6-8-12)16(23)26-3/h5-8H,4,9H2,1-3H3,(H,20,22)(H,19,21,25). The van der Waals surface area contributed by atoms with Gasteiger partial charge in [0.1, 0.15) is 10.6 Å². The maximum absolute atomic E-state index is 12.2. The van der Waals surface area contributed by atoms with Gasteiger partial charge < -0.3 is 19.8 Å². The fourth-order valence-corrected chi connectivity index (χ4v) is 3.11. The van der Waals surface area contributed by atoms with Gasteiger partial charge in [0.25, 0.3) is 0 Å². The number of amides is 1. The van der Waals surface area contributed by atoms with Crippen LogP contribution in [-0.4, -0.2) is 47.3 Å². The number of carbonyl (C=O) groups excluding carboxylic acids is 3. The Morgan fingerprint density at radius 3 is 2.46 bits per heavy atom. The number of aryl methyl sites for hydroxylation is 1. The Morgan fingerprint density at radius 1 is 1.18 bits per heavy atom. The van der Waals surface area contributed by atoms with E-state index in [9.17, 15) is 19.2 Å². The average molecular weight is 405 g/mol. The van der Waals surface area contributed by atoms with E-state index in [1.807, 2.05) is 0 Å². The molecule has 2 rings (SSSR count). The van der Waals surface area contributed by atoms with E-state index < -0.39 is 17.6 Å². The molecule has 148 valence electrons. The monoisotopic (exact) mass is 405 g/mol. The number of nitrogens with zero attached hydrogens (tertiary/aromatic N) is 1. The van der Waals surface area contributed by atoms with E-state index in [0.717, 1.165) is 11.8 Å². The second kappa shape index (κ2) is 9.70. The minimum absolute atomic E-state index is 0.0823. The molecule has 0 aliphatic heterocycles. The van der Waals surface area contributed by atoms with Gasteiger partial charge in [-0.3, -0.25) is 4.79 Å². The Hall–Kier alpha value is -3.14. The summed E-state index contributed by atoms with van der Waals surface area (Å²) in [6.07, 6.45) is 0. The van der Waals surface area contributed by atoms with Crippen molar-refractivity contribution in [3.05, 3.63) is 51.6 Å². The van der Waals surface area contributed by atoms with Gasteiger partial charge in [0.2, 0.25) is 5.91 Å². The molecule has 1 aromatic heterocycles. The lowest BCUT2D eigenvalue weighted by Crippen LogP contribution is -2.21. The molecule has 0 bridgehead atoms. The van der Waals surface area contributed by atoms with Crippen molar-refractivity contribution in [3.63, 3.8) is 0 Å². The van der Waals surface area contributed by atoms with E-state index in [0.29, 0.717) is 16.9 Å². The highest BCUT2D eigenvalue weighted by Crippen LogP contribution is 2.22. The highest BCUT2D eigenvalue weighted by molar-refractivity contribution is 8.00. The maximum atomic E-state index is 12.2. The van der Waals surface area contributed by atoms with Crippen molar-refractivity contribution in [1.82, 2.24) is 9.97 Å². The number of H-pyrrole nitrogens is 1. The molecule has 1 aromatic carbocycles. The van der Waals surface area contributed by atoms with Crippen molar-refractivity contribution in [2.45, 2.75) is 18.9 Å². The van der Waals surface area contributed by atoms with E-state index in [2.05, 4.69) is 20.0 Å². The number of benzene rings is 1. The van der Waals surface area contributed by atoms with Crippen molar-refractivity contribution < 1.29 is 23.9 Å². The highest BCUT2D eigenvalue weighted by atomic mass is 32.2. The Kier molecular flexibility index (Phi) is 7.33. The van der Waals surface area contributed by atoms with Gasteiger partial charge in [-0.25, -0.2) is 14.4 Å². The highest BCUT2D eigenvalue weighted by Gasteiger charge is 2.20. The van der Waals surface area contributed by atoms with E-state index in [4.69, 9.17) is 4.74 Å². The number of thioether (sulfide) groups is 1. The van der Waals surface area contributed by atoms with Gasteiger partial charge in [0.15, 0.2) is 0 Å². The van der Waals surface area contributed by atoms with E-state index in [1.165, 1.54) is 19.2 Å². The summed E-state index contributed by atoms with van der Waals surface area (Å²) in [6, 6.07) is 6.17. The minimum atomic E-state index is -0.620. The van der Waals surface area contributed by atoms with Gasteiger partial charge in [-0.05, 0) is 38.1 Å². The number of anilines is 1. The predicted octanol–water partition coefficient (Wildman–Crippen LogP) is 1.77. The van der Waals surface area contributed by atoms with Crippen LogP contribution in [-0.2, 0) is 14.3 Å². The molecule has 1 amide bonds. The van der Waals surface area contributed by atoms with Crippen LogP contribution in [0.5, 0.6) is 0 Å². The summed E-state index contributed by atoms with van der Waals surface area (Å²) in [7, 11) is 1.28. The topological polar surface area (TPSA) is 127 Å². The number of esters is 2. The Bertz CT molecular complexity index is 939. The van der Waals surface area contributed by atoms with E-state index in [-0.39, 0.29) is 28.9 Å². The van der Waals surface area contributed by atoms with Crippen molar-refractivity contribution in [2.24, 2.45) is 0 Å². The molecule has 2 N–H and O–H groups in total. The summed E-state index contributed by atoms with van der Waals surface area (Å²) in [4.78, 5) is 53.5. The Morgan fingerprint density at radius 2 is 1.86 bits per heavy atom. The summed E-state index contributed by atoms with van der Waals surface area (Å²) >= 11 is 0.950. The zero-order valence-corrected chi connectivity index (χ0v) is 16.3. The quantitative estimate of drug-likeness (QED) is 0.405. The Balaban J connectivity index is 2.07. The number of hydrogen-bond donors (Lipinski definition) is 2. The van der Waals surface area contributed by atoms with Gasteiger partial charge in [0, 0.05) is 11.4 Å². The third kappa shape index (κ3) is 5.43. The molecular formula is C18H19N3O6S. The number of aromatic nitrogens is 2. The number of rotatable bonds is 7. The van der Waals surface area contributed by atoms with Crippen LogP contribution in [0.2, 0.25) is 0 Å². The van der Waals surface area contributed by atoms with Crippen LogP contribution in [0.15, 0.2) is 34.1 Å². The van der Waals surface area contributed by atoms with E-state index >= 15 is 0 Å². The summed E-state index contributed by atoms with van der Waals surface area (Å²) < 4.78 is 9.59. The SMILES string of the molecule is CCOC(=O)c1c(SCC(=O)Nc2ccc(C(=O)OC)cc2)nc(=O)[nH]c1C. The zero-order chi connectivity index (χ0) is 20.7. The van der Waals surface area contributed by atoms with Crippen LogP contribution in [0.3, 0.4) is 0 Å². The molecule has 1 heterocycles. The van der Waals surface area contributed by atoms with E-state index in [1.54, 1.807) is 26.0 Å². The third-order valence-corrected chi connectivity index (χ3v) is 4.47. The number of hydrogen-bond acceptors (Lipinski definition) is 8. The van der Waals surface area contributed by atoms with Gasteiger partial charge in [0.05, 0.1) is 25.0 Å². The minimum Gasteiger partial charge on any atom is -0.465 e. The molecule has 28 heavy (non-hydrogen) atoms. The van der Waals surface area contributed by atoms with Crippen LogP contribution in [0.4, 0.5) is 5.69 Å². The fourth-order valence-electron chi connectivity index (χ4n) is 2.25. The van der Waals surface area contributed by atoms with Crippen molar-refractivity contribution >= 4 is 35.3 Å². The van der Waals surface area contributed by atoms with Crippen LogP contribution >= 0.6 is 11.8 Å². The van der Waals surface area contributed by atoms with Crippen LogP contribution in [0.25, 0.3) is 0 Å². The second-order valence-corrected chi connectivity index (χ2v) is 6.44. The fraction of sp³-hybridized carbons (Fsp3) is 0.278. The molecule has 0 spiro atoms. The molecule has 0 aliphatic carbocycles. The van der Waals surface area contributed by atoms with Crippen molar-refractivity contribution in [1.29, 1.82) is 0 Å². The number of methoxy groups -OCH3 is 1. The summed E-state index contributed by atoms with van der Waals surface area (Å²) in [5.41, 5.74) is 0.671. The van der Waals surface area contributed by atoms with Gasteiger partial charge in [-0.15, -0.1) is 0 Å². The van der Waals surface area contributed by atoms with Crippen molar-refractivity contribution in [3.8, 4) is 0 Å². The zero-order valence-electron chi connectivity index (χ0n) is 15.5. The number of carbonyl (C=O) groups is 3. The van der Waals surface area contributed by atoms with Crippen molar-refractivity contribution in [2.75, 3.05) is 24.8 Å². The predicted molar refractivity (Wildman–Crippen MR) is 103 cm³/mol. The van der Waals surface area contributed by atoms with Crippen LogP contribution in [0.1, 0.15) is 33.3 Å². The molecule has 0 atom stereocenters.